The van der Waals surface area contributed by atoms with Gasteiger partial charge in [-0.15, -0.1) is 0 Å². The maximum Gasteiger partial charge on any atom is 0.244 e. The fourth-order valence-electron chi connectivity index (χ4n) is 2.08. The van der Waals surface area contributed by atoms with Crippen molar-refractivity contribution in [1.82, 2.24) is 4.72 Å². The monoisotopic (exact) mass is 299 g/mol. The number of methoxy groups -OCH3 is 1. The van der Waals surface area contributed by atoms with Crippen molar-refractivity contribution in [1.29, 1.82) is 0 Å². The second-order valence-electron chi connectivity index (χ2n) is 5.44. The van der Waals surface area contributed by atoms with E-state index in [1.165, 1.54) is 7.11 Å². The Morgan fingerprint density at radius 3 is 2.30 bits per heavy atom. The smallest absolute Gasteiger partial charge is 0.244 e. The Hall–Kier alpha value is -1.07. The molecule has 1 aromatic carbocycles. The van der Waals surface area contributed by atoms with E-state index in [1.807, 2.05) is 34.6 Å². The van der Waals surface area contributed by atoms with E-state index in [4.69, 9.17) is 4.74 Å². The van der Waals surface area contributed by atoms with Crippen molar-refractivity contribution in [2.24, 2.45) is 0 Å². The number of sulfonamides is 1. The van der Waals surface area contributed by atoms with E-state index in [0.717, 1.165) is 17.5 Å². The van der Waals surface area contributed by atoms with Crippen LogP contribution in [0.15, 0.2) is 17.0 Å². The molecule has 1 N–H and O–H groups in total. The Balaban J connectivity index is 3.38. The molecule has 0 saturated carbocycles. The summed E-state index contributed by atoms with van der Waals surface area (Å²) in [6, 6.07) is 3.41. The molecule has 1 atom stereocenters. The van der Waals surface area contributed by atoms with E-state index >= 15 is 0 Å². The Bertz CT molecular complexity index is 565. The predicted octanol–water partition coefficient (Wildman–Crippen LogP) is 3.20. The minimum atomic E-state index is -3.56. The summed E-state index contributed by atoms with van der Waals surface area (Å²) in [6.07, 6.45) is 0.741. The molecule has 4 nitrogen and oxygen atoms in total. The van der Waals surface area contributed by atoms with E-state index in [0.29, 0.717) is 5.75 Å². The molecule has 0 bridgehead atoms. The molecule has 20 heavy (non-hydrogen) atoms. The fraction of sp³-hybridized carbons (Fsp3) is 0.600. The van der Waals surface area contributed by atoms with Crippen molar-refractivity contribution in [3.05, 3.63) is 23.3 Å². The van der Waals surface area contributed by atoms with Crippen molar-refractivity contribution in [2.45, 2.75) is 57.9 Å². The minimum Gasteiger partial charge on any atom is -0.495 e. The standard InChI is InChI=1S/C15H25NO3S/c1-7-12(5)16-20(17,18)15-9-13(10(2)3)11(4)8-14(15)19-6/h8-10,12,16H,7H2,1-6H3/t12-/m1/s1. The Labute approximate surface area is 122 Å². The van der Waals surface area contributed by atoms with Gasteiger partial charge in [-0.05, 0) is 49.4 Å². The van der Waals surface area contributed by atoms with Crippen molar-refractivity contribution in [2.75, 3.05) is 7.11 Å². The van der Waals surface area contributed by atoms with Gasteiger partial charge >= 0.3 is 0 Å². The van der Waals surface area contributed by atoms with E-state index < -0.39 is 10.0 Å². The lowest BCUT2D eigenvalue weighted by Gasteiger charge is -2.18. The van der Waals surface area contributed by atoms with Gasteiger partial charge in [-0.3, -0.25) is 0 Å². The molecule has 0 radical (unpaired) electrons. The summed E-state index contributed by atoms with van der Waals surface area (Å²) in [5.74, 6) is 0.654. The Kier molecular flexibility index (Phi) is 5.59. The van der Waals surface area contributed by atoms with Crippen molar-refractivity contribution >= 4 is 10.0 Å². The van der Waals surface area contributed by atoms with Gasteiger partial charge in [-0.25, -0.2) is 13.1 Å². The summed E-state index contributed by atoms with van der Waals surface area (Å²) >= 11 is 0. The molecule has 114 valence electrons. The van der Waals surface area contributed by atoms with Crippen LogP contribution < -0.4 is 9.46 Å². The highest BCUT2D eigenvalue weighted by Crippen LogP contribution is 2.31. The molecule has 0 saturated heterocycles. The summed E-state index contributed by atoms with van der Waals surface area (Å²) in [5.41, 5.74) is 2.06. The first kappa shape index (κ1) is 17.0. The third-order valence-corrected chi connectivity index (χ3v) is 5.04. The highest BCUT2D eigenvalue weighted by Gasteiger charge is 2.23. The number of nitrogens with one attached hydrogen (secondary N) is 1. The molecule has 0 spiro atoms. The van der Waals surface area contributed by atoms with Crippen LogP contribution in [0.1, 0.15) is 51.2 Å². The Morgan fingerprint density at radius 1 is 1.25 bits per heavy atom. The summed E-state index contributed by atoms with van der Waals surface area (Å²) in [6.45, 7) is 9.86. The van der Waals surface area contributed by atoms with Crippen LogP contribution in [0.5, 0.6) is 5.75 Å². The average Bonchev–Trinajstić information content (AvgIpc) is 2.36. The number of hydrogen-bond donors (Lipinski definition) is 1. The van der Waals surface area contributed by atoms with Crippen LogP contribution in [0, 0.1) is 6.92 Å². The largest absolute Gasteiger partial charge is 0.495 e. The van der Waals surface area contributed by atoms with Crippen molar-refractivity contribution < 1.29 is 13.2 Å². The average molecular weight is 299 g/mol. The SMILES string of the molecule is CC[C@@H](C)NS(=O)(=O)c1cc(C(C)C)c(C)cc1OC. The quantitative estimate of drug-likeness (QED) is 0.877. The molecule has 0 amide bonds. The molecule has 0 fully saturated rings. The normalized spacial score (nSPS) is 13.6. The zero-order valence-corrected chi connectivity index (χ0v) is 14.0. The minimum absolute atomic E-state index is 0.103. The maximum atomic E-state index is 12.5. The van der Waals surface area contributed by atoms with Gasteiger partial charge in [0.1, 0.15) is 10.6 Å². The van der Waals surface area contributed by atoms with Crippen molar-refractivity contribution in [3.63, 3.8) is 0 Å². The maximum absolute atomic E-state index is 12.5. The molecular formula is C15H25NO3S. The van der Waals surface area contributed by atoms with E-state index in [-0.39, 0.29) is 16.9 Å². The zero-order valence-electron chi connectivity index (χ0n) is 13.1. The molecule has 0 unspecified atom stereocenters. The molecule has 1 rings (SSSR count). The van der Waals surface area contributed by atoms with Gasteiger partial charge in [-0.1, -0.05) is 20.8 Å². The highest BCUT2D eigenvalue weighted by atomic mass is 32.2. The van der Waals surface area contributed by atoms with Crippen molar-refractivity contribution in [3.8, 4) is 5.75 Å². The summed E-state index contributed by atoms with van der Waals surface area (Å²) in [7, 11) is -2.07. The lowest BCUT2D eigenvalue weighted by molar-refractivity contribution is 0.401. The van der Waals surface area contributed by atoms with Gasteiger partial charge < -0.3 is 4.74 Å². The highest BCUT2D eigenvalue weighted by molar-refractivity contribution is 7.89. The summed E-state index contributed by atoms with van der Waals surface area (Å²) in [5, 5.41) is 0. The van der Waals surface area contributed by atoms with Gasteiger partial charge in [0.25, 0.3) is 0 Å². The molecule has 1 aromatic rings. The van der Waals surface area contributed by atoms with E-state index in [1.54, 1.807) is 12.1 Å². The van der Waals surface area contributed by atoms with E-state index in [2.05, 4.69) is 4.72 Å². The van der Waals surface area contributed by atoms with Gasteiger partial charge in [0.2, 0.25) is 10.0 Å². The van der Waals surface area contributed by atoms with Gasteiger partial charge in [-0.2, -0.15) is 0 Å². The van der Waals surface area contributed by atoms with Crippen LogP contribution in [0.2, 0.25) is 0 Å². The van der Waals surface area contributed by atoms with Gasteiger partial charge in [0.15, 0.2) is 0 Å². The lowest BCUT2D eigenvalue weighted by Crippen LogP contribution is -2.32. The second kappa shape index (κ2) is 6.59. The van der Waals surface area contributed by atoms with E-state index in [9.17, 15) is 8.42 Å². The molecular weight excluding hydrogens is 274 g/mol. The molecule has 0 heterocycles. The molecule has 5 heteroatoms. The van der Waals surface area contributed by atoms with Gasteiger partial charge in [0.05, 0.1) is 7.11 Å². The Morgan fingerprint density at radius 2 is 1.85 bits per heavy atom. The number of aryl methyl sites for hydroxylation is 1. The van der Waals surface area contributed by atoms with Crippen LogP contribution in [0.3, 0.4) is 0 Å². The van der Waals surface area contributed by atoms with Crippen LogP contribution >= 0.6 is 0 Å². The zero-order chi connectivity index (χ0) is 15.5. The van der Waals surface area contributed by atoms with Crippen LogP contribution in [-0.2, 0) is 10.0 Å². The molecule has 0 aliphatic heterocycles. The third kappa shape index (κ3) is 3.73. The predicted molar refractivity (Wildman–Crippen MR) is 81.9 cm³/mol. The summed E-state index contributed by atoms with van der Waals surface area (Å²) in [4.78, 5) is 0.217. The summed E-state index contributed by atoms with van der Waals surface area (Å²) < 4.78 is 32.9. The second-order valence-corrected chi connectivity index (χ2v) is 7.13. The van der Waals surface area contributed by atoms with Crippen LogP contribution in [0.4, 0.5) is 0 Å². The van der Waals surface area contributed by atoms with Crippen LogP contribution in [0.25, 0.3) is 0 Å². The molecule has 0 aliphatic carbocycles. The molecule has 0 aromatic heterocycles. The third-order valence-electron chi connectivity index (χ3n) is 3.43. The number of hydrogen-bond acceptors (Lipinski definition) is 3. The first-order chi connectivity index (χ1) is 9.22. The number of benzene rings is 1. The molecule has 0 aliphatic rings. The lowest BCUT2D eigenvalue weighted by atomic mass is 9.98. The van der Waals surface area contributed by atoms with Crippen LogP contribution in [-0.4, -0.2) is 21.6 Å². The first-order valence-electron chi connectivity index (χ1n) is 6.93. The fourth-order valence-corrected chi connectivity index (χ4v) is 3.59. The number of rotatable bonds is 6. The topological polar surface area (TPSA) is 55.4 Å². The first-order valence-corrected chi connectivity index (χ1v) is 8.42. The van der Waals surface area contributed by atoms with Gasteiger partial charge in [0, 0.05) is 6.04 Å². The number of ether oxygens (including phenoxy) is 1.